The highest BCUT2D eigenvalue weighted by atomic mass is 35.5. The number of carboxylic acids is 1. The molecular weight excluding hydrogens is 240 g/mol. The first-order chi connectivity index (χ1) is 7.45. The van der Waals surface area contributed by atoms with Crippen LogP contribution in [-0.2, 0) is 17.1 Å². The Morgan fingerprint density at radius 3 is 2.69 bits per heavy atom. The summed E-state index contributed by atoms with van der Waals surface area (Å²) in [6.45, 7) is 1.50. The van der Waals surface area contributed by atoms with Crippen LogP contribution in [0.1, 0.15) is 28.9 Å². The first-order valence-electron chi connectivity index (χ1n) is 4.51. The van der Waals surface area contributed by atoms with Gasteiger partial charge in [-0.1, -0.05) is 0 Å². The van der Waals surface area contributed by atoms with Crippen molar-refractivity contribution in [3.05, 3.63) is 28.6 Å². The predicted octanol–water partition coefficient (Wildman–Crippen LogP) is 2.69. The van der Waals surface area contributed by atoms with Crippen molar-refractivity contribution in [2.75, 3.05) is 0 Å². The maximum absolute atomic E-state index is 12.4. The predicted molar refractivity (Wildman–Crippen MR) is 54.8 cm³/mol. The Morgan fingerprint density at radius 1 is 1.62 bits per heavy atom. The van der Waals surface area contributed by atoms with E-state index in [1.54, 1.807) is 0 Å². The topological polar surface area (TPSA) is 50.2 Å². The quantitative estimate of drug-likeness (QED) is 0.835. The van der Waals surface area contributed by atoms with E-state index in [-0.39, 0.29) is 23.7 Å². The van der Waals surface area contributed by atoms with Gasteiger partial charge in [0, 0.05) is 11.6 Å². The van der Waals surface area contributed by atoms with Crippen LogP contribution in [0.2, 0.25) is 0 Å². The minimum absolute atomic E-state index is 0.00824. The van der Waals surface area contributed by atoms with Crippen LogP contribution < -0.4 is 0 Å². The Labute approximate surface area is 96.1 Å². The fraction of sp³-hybridized carbons (Fsp3) is 0.400. The van der Waals surface area contributed by atoms with Gasteiger partial charge in [0.15, 0.2) is 0 Å². The molecule has 1 N–H and O–H groups in total. The number of carboxylic acid groups (broad SMARTS) is 1. The molecule has 6 heteroatoms. The molecule has 0 amide bonds. The molecule has 0 unspecified atom stereocenters. The number of hydrogen-bond acceptors (Lipinski definition) is 2. The monoisotopic (exact) mass is 249 g/mol. The summed E-state index contributed by atoms with van der Waals surface area (Å²) in [6, 6.07) is 1.16. The highest BCUT2D eigenvalue weighted by Crippen LogP contribution is 2.23. The summed E-state index contributed by atoms with van der Waals surface area (Å²) in [4.78, 5) is 14.3. The number of halogens is 3. The van der Waals surface area contributed by atoms with E-state index in [1.165, 1.54) is 6.92 Å². The van der Waals surface area contributed by atoms with Gasteiger partial charge < -0.3 is 5.11 Å². The highest BCUT2D eigenvalue weighted by molar-refractivity contribution is 6.17. The lowest BCUT2D eigenvalue weighted by atomic mass is 10.0. The van der Waals surface area contributed by atoms with E-state index in [0.29, 0.717) is 11.1 Å². The summed E-state index contributed by atoms with van der Waals surface area (Å²) < 4.78 is 24.9. The van der Waals surface area contributed by atoms with Crippen LogP contribution in [0.25, 0.3) is 0 Å². The molecule has 0 aromatic carbocycles. The molecule has 0 saturated heterocycles. The van der Waals surface area contributed by atoms with Gasteiger partial charge in [0.25, 0.3) is 6.43 Å². The molecule has 3 nitrogen and oxygen atoms in total. The lowest BCUT2D eigenvalue weighted by molar-refractivity contribution is -0.136. The molecule has 1 aromatic rings. The van der Waals surface area contributed by atoms with Crippen molar-refractivity contribution in [1.29, 1.82) is 0 Å². The minimum Gasteiger partial charge on any atom is -0.481 e. The fourth-order valence-electron chi connectivity index (χ4n) is 1.42. The maximum Gasteiger partial charge on any atom is 0.307 e. The molecular formula is C10H10ClF2NO2. The molecule has 0 bridgehead atoms. The summed E-state index contributed by atoms with van der Waals surface area (Å²) >= 11 is 5.60. The first-order valence-corrected chi connectivity index (χ1v) is 5.04. The molecule has 1 rings (SSSR count). The maximum atomic E-state index is 12.4. The molecule has 0 aliphatic carbocycles. The smallest absolute Gasteiger partial charge is 0.307 e. The van der Waals surface area contributed by atoms with Gasteiger partial charge in [-0.25, -0.2) is 8.78 Å². The molecule has 0 saturated carbocycles. The van der Waals surface area contributed by atoms with Crippen molar-refractivity contribution in [2.45, 2.75) is 25.7 Å². The summed E-state index contributed by atoms with van der Waals surface area (Å²) in [5.74, 6) is -1.05. The standard InChI is InChI=1S/C10H10ClF2NO2/c1-5-7(3-9(15)16)6(4-11)2-8(14-5)10(12)13/h2,10H,3-4H2,1H3,(H,15,16). The second-order valence-corrected chi connectivity index (χ2v) is 3.54. The van der Waals surface area contributed by atoms with Crippen LogP contribution in [0.5, 0.6) is 0 Å². The van der Waals surface area contributed by atoms with E-state index < -0.39 is 12.4 Å². The molecule has 0 radical (unpaired) electrons. The van der Waals surface area contributed by atoms with Crippen LogP contribution in [0.3, 0.4) is 0 Å². The van der Waals surface area contributed by atoms with Gasteiger partial charge in [-0.2, -0.15) is 0 Å². The van der Waals surface area contributed by atoms with E-state index in [2.05, 4.69) is 4.98 Å². The van der Waals surface area contributed by atoms with Crippen molar-refractivity contribution in [2.24, 2.45) is 0 Å². The van der Waals surface area contributed by atoms with Gasteiger partial charge in [0.05, 0.1) is 6.42 Å². The van der Waals surface area contributed by atoms with Crippen LogP contribution >= 0.6 is 11.6 Å². The third-order valence-corrected chi connectivity index (χ3v) is 2.43. The van der Waals surface area contributed by atoms with Crippen molar-refractivity contribution in [3.63, 3.8) is 0 Å². The Hall–Kier alpha value is -1.23. The Kier molecular flexibility index (Phi) is 4.18. The van der Waals surface area contributed by atoms with Gasteiger partial charge >= 0.3 is 5.97 Å². The molecule has 0 spiro atoms. The van der Waals surface area contributed by atoms with Crippen LogP contribution in [0, 0.1) is 6.92 Å². The number of aryl methyl sites for hydroxylation is 1. The Bertz CT molecular complexity index is 410. The van der Waals surface area contributed by atoms with Gasteiger partial charge in [0.2, 0.25) is 0 Å². The molecule has 0 aliphatic heterocycles. The summed E-state index contributed by atoms with van der Waals surface area (Å²) in [5, 5.41) is 8.67. The second kappa shape index (κ2) is 5.21. The summed E-state index contributed by atoms with van der Waals surface area (Å²) in [5.41, 5.74) is 0.719. The SMILES string of the molecule is Cc1nc(C(F)F)cc(CCl)c1CC(=O)O. The van der Waals surface area contributed by atoms with E-state index in [1.807, 2.05) is 0 Å². The van der Waals surface area contributed by atoms with E-state index >= 15 is 0 Å². The number of nitrogens with zero attached hydrogens (tertiary/aromatic N) is 1. The molecule has 0 fully saturated rings. The van der Waals surface area contributed by atoms with E-state index in [9.17, 15) is 13.6 Å². The Balaban J connectivity index is 3.22. The summed E-state index contributed by atoms with van der Waals surface area (Å²) in [7, 11) is 0. The third-order valence-electron chi connectivity index (χ3n) is 2.14. The van der Waals surface area contributed by atoms with Crippen LogP contribution in [0.4, 0.5) is 8.78 Å². The molecule has 0 atom stereocenters. The van der Waals surface area contributed by atoms with Gasteiger partial charge in [0.1, 0.15) is 5.69 Å². The normalized spacial score (nSPS) is 10.8. The average Bonchev–Trinajstić information content (AvgIpc) is 2.19. The zero-order valence-corrected chi connectivity index (χ0v) is 9.26. The number of alkyl halides is 3. The van der Waals surface area contributed by atoms with E-state index in [4.69, 9.17) is 16.7 Å². The lowest BCUT2D eigenvalue weighted by Gasteiger charge is -2.10. The average molecular weight is 250 g/mol. The number of pyridine rings is 1. The number of carbonyl (C=O) groups is 1. The summed E-state index contributed by atoms with van der Waals surface area (Å²) in [6.07, 6.45) is -2.94. The van der Waals surface area contributed by atoms with Crippen molar-refractivity contribution < 1.29 is 18.7 Å². The number of aliphatic carboxylic acids is 1. The lowest BCUT2D eigenvalue weighted by Crippen LogP contribution is -2.08. The third kappa shape index (κ3) is 2.88. The van der Waals surface area contributed by atoms with Gasteiger partial charge in [-0.3, -0.25) is 9.78 Å². The number of rotatable bonds is 4. The Morgan fingerprint density at radius 2 is 2.25 bits per heavy atom. The van der Waals surface area contributed by atoms with Crippen molar-refractivity contribution in [1.82, 2.24) is 4.98 Å². The number of aromatic nitrogens is 1. The fourth-order valence-corrected chi connectivity index (χ4v) is 1.65. The van der Waals surface area contributed by atoms with Crippen LogP contribution in [-0.4, -0.2) is 16.1 Å². The molecule has 88 valence electrons. The first kappa shape index (κ1) is 12.8. The second-order valence-electron chi connectivity index (χ2n) is 3.28. The van der Waals surface area contributed by atoms with Crippen LogP contribution in [0.15, 0.2) is 6.07 Å². The highest BCUT2D eigenvalue weighted by Gasteiger charge is 2.16. The zero-order chi connectivity index (χ0) is 12.3. The van der Waals surface area contributed by atoms with Crippen molar-refractivity contribution >= 4 is 17.6 Å². The molecule has 1 heterocycles. The van der Waals surface area contributed by atoms with Gasteiger partial charge in [-0.05, 0) is 24.1 Å². The zero-order valence-electron chi connectivity index (χ0n) is 8.51. The number of hydrogen-bond donors (Lipinski definition) is 1. The molecule has 16 heavy (non-hydrogen) atoms. The van der Waals surface area contributed by atoms with Gasteiger partial charge in [-0.15, -0.1) is 11.6 Å². The van der Waals surface area contributed by atoms with Crippen molar-refractivity contribution in [3.8, 4) is 0 Å². The largest absolute Gasteiger partial charge is 0.481 e. The van der Waals surface area contributed by atoms with E-state index in [0.717, 1.165) is 6.07 Å². The molecule has 0 aliphatic rings. The molecule has 1 aromatic heterocycles. The minimum atomic E-state index is -2.68.